The highest BCUT2D eigenvalue weighted by molar-refractivity contribution is 5.98. The van der Waals surface area contributed by atoms with Crippen molar-refractivity contribution in [2.24, 2.45) is 0 Å². The average Bonchev–Trinajstić information content (AvgIpc) is 2.64. The Morgan fingerprint density at radius 2 is 1.62 bits per heavy atom. The lowest BCUT2D eigenvalue weighted by molar-refractivity contribution is -0.117. The first-order valence-corrected chi connectivity index (χ1v) is 7.19. The minimum Gasteiger partial charge on any atom is -0.493 e. The van der Waals surface area contributed by atoms with Gasteiger partial charge in [0.05, 0.1) is 14.2 Å². The molecule has 0 atom stereocenters. The van der Waals surface area contributed by atoms with Crippen molar-refractivity contribution in [3.05, 3.63) is 65.7 Å². The first-order valence-electron chi connectivity index (χ1n) is 7.19. The van der Waals surface area contributed by atoms with Crippen LogP contribution in [-0.2, 0) is 4.79 Å². The van der Waals surface area contributed by atoms with Crippen LogP contribution in [0.2, 0.25) is 0 Å². The number of benzene rings is 2. The molecule has 0 aliphatic carbocycles. The van der Waals surface area contributed by atoms with E-state index in [1.54, 1.807) is 18.2 Å². The molecule has 6 heteroatoms. The smallest absolute Gasteiger partial charge is 0.269 e. The van der Waals surface area contributed by atoms with Gasteiger partial charge in [0.2, 0.25) is 0 Å². The summed E-state index contributed by atoms with van der Waals surface area (Å²) in [7, 11) is 2.99. The summed E-state index contributed by atoms with van der Waals surface area (Å²) in [5.74, 6) is 0.0504. The fraction of sp³-hybridized carbons (Fsp3) is 0.111. The number of amides is 2. The van der Waals surface area contributed by atoms with Crippen molar-refractivity contribution >= 4 is 17.9 Å². The number of hydrogen-bond acceptors (Lipinski definition) is 4. The highest BCUT2D eigenvalue weighted by Crippen LogP contribution is 2.27. The topological polar surface area (TPSA) is 76.7 Å². The lowest BCUT2D eigenvalue weighted by Crippen LogP contribution is -2.40. The minimum atomic E-state index is -0.461. The third-order valence-corrected chi connectivity index (χ3v) is 3.17. The third kappa shape index (κ3) is 4.61. The molecule has 2 aromatic rings. The summed E-state index contributed by atoms with van der Waals surface area (Å²) < 4.78 is 10.2. The molecule has 0 aromatic heterocycles. The fourth-order valence-electron chi connectivity index (χ4n) is 1.95. The molecule has 0 spiro atoms. The summed E-state index contributed by atoms with van der Waals surface area (Å²) in [6, 6.07) is 14.1. The number of hydrogen-bond donors (Lipinski definition) is 2. The molecule has 0 saturated heterocycles. The molecule has 0 heterocycles. The van der Waals surface area contributed by atoms with Gasteiger partial charge < -0.3 is 9.47 Å². The van der Waals surface area contributed by atoms with Crippen molar-refractivity contribution in [3.8, 4) is 11.5 Å². The quantitative estimate of drug-likeness (QED) is 0.652. The van der Waals surface area contributed by atoms with E-state index >= 15 is 0 Å². The molecule has 2 aromatic carbocycles. The van der Waals surface area contributed by atoms with Crippen LogP contribution in [0.25, 0.3) is 6.08 Å². The normalized spacial score (nSPS) is 10.2. The molecular weight excluding hydrogens is 308 g/mol. The molecule has 0 radical (unpaired) electrons. The van der Waals surface area contributed by atoms with Crippen LogP contribution in [0.1, 0.15) is 15.9 Å². The van der Waals surface area contributed by atoms with E-state index in [2.05, 4.69) is 10.9 Å². The van der Waals surface area contributed by atoms with Crippen molar-refractivity contribution < 1.29 is 19.1 Å². The highest BCUT2D eigenvalue weighted by atomic mass is 16.5. The first-order chi connectivity index (χ1) is 11.6. The molecule has 24 heavy (non-hydrogen) atoms. The van der Waals surface area contributed by atoms with E-state index in [1.165, 1.54) is 26.4 Å². The SMILES string of the molecule is COc1ccc(C(=O)NNC(=O)/C=C\c2ccccc2)cc1OC. The monoisotopic (exact) mass is 326 g/mol. The van der Waals surface area contributed by atoms with Gasteiger partial charge in [-0.15, -0.1) is 0 Å². The Balaban J connectivity index is 1.93. The maximum Gasteiger partial charge on any atom is 0.269 e. The zero-order valence-corrected chi connectivity index (χ0v) is 13.4. The van der Waals surface area contributed by atoms with Gasteiger partial charge in [0.25, 0.3) is 11.8 Å². The van der Waals surface area contributed by atoms with Crippen LogP contribution in [0.4, 0.5) is 0 Å². The average molecular weight is 326 g/mol. The van der Waals surface area contributed by atoms with Gasteiger partial charge in [0.15, 0.2) is 11.5 Å². The Labute approximate surface area is 140 Å². The first kappa shape index (κ1) is 17.1. The molecule has 0 aliphatic heterocycles. The van der Waals surface area contributed by atoms with Crippen molar-refractivity contribution in [1.29, 1.82) is 0 Å². The Hall–Kier alpha value is -3.28. The van der Waals surface area contributed by atoms with Crippen LogP contribution in [-0.4, -0.2) is 26.0 Å². The second-order valence-electron chi connectivity index (χ2n) is 4.76. The molecule has 2 N–H and O–H groups in total. The number of rotatable bonds is 5. The van der Waals surface area contributed by atoms with Crippen LogP contribution < -0.4 is 20.3 Å². The van der Waals surface area contributed by atoms with Crippen molar-refractivity contribution in [2.45, 2.75) is 0 Å². The Morgan fingerprint density at radius 1 is 0.917 bits per heavy atom. The van der Waals surface area contributed by atoms with Gasteiger partial charge in [-0.2, -0.15) is 0 Å². The maximum absolute atomic E-state index is 12.0. The predicted molar refractivity (Wildman–Crippen MR) is 90.6 cm³/mol. The molecule has 2 rings (SSSR count). The van der Waals surface area contributed by atoms with E-state index < -0.39 is 11.8 Å². The summed E-state index contributed by atoms with van der Waals surface area (Å²) in [4.78, 5) is 23.8. The number of ether oxygens (including phenoxy) is 2. The van der Waals surface area contributed by atoms with Gasteiger partial charge in [0, 0.05) is 11.6 Å². The number of hydrazine groups is 1. The summed E-state index contributed by atoms with van der Waals surface area (Å²) in [6.45, 7) is 0. The minimum absolute atomic E-state index is 0.333. The van der Waals surface area contributed by atoms with E-state index in [-0.39, 0.29) is 0 Å². The summed E-state index contributed by atoms with van der Waals surface area (Å²) in [5.41, 5.74) is 5.88. The molecular formula is C18H18N2O4. The highest BCUT2D eigenvalue weighted by Gasteiger charge is 2.10. The molecule has 124 valence electrons. The lowest BCUT2D eigenvalue weighted by atomic mass is 10.2. The van der Waals surface area contributed by atoms with Gasteiger partial charge in [-0.3, -0.25) is 20.4 Å². The van der Waals surface area contributed by atoms with E-state index in [9.17, 15) is 9.59 Å². The zero-order chi connectivity index (χ0) is 17.4. The summed E-state index contributed by atoms with van der Waals surface area (Å²) in [6.07, 6.45) is 2.99. The van der Waals surface area contributed by atoms with E-state index in [0.717, 1.165) is 5.56 Å². The number of carbonyl (C=O) groups is 2. The standard InChI is InChI=1S/C18H18N2O4/c1-23-15-10-9-14(12-16(15)24-2)18(22)20-19-17(21)11-8-13-6-4-3-5-7-13/h3-12H,1-2H3,(H,19,21)(H,20,22)/b11-8-. The van der Waals surface area contributed by atoms with Crippen molar-refractivity contribution in [1.82, 2.24) is 10.9 Å². The summed E-state index contributed by atoms with van der Waals surface area (Å²) in [5, 5.41) is 0. The van der Waals surface area contributed by atoms with Crippen molar-refractivity contribution in [2.75, 3.05) is 14.2 Å². The molecule has 0 unspecified atom stereocenters. The number of methoxy groups -OCH3 is 2. The predicted octanol–water partition coefficient (Wildman–Crippen LogP) is 2.18. The van der Waals surface area contributed by atoms with Crippen LogP contribution >= 0.6 is 0 Å². The molecule has 0 saturated carbocycles. The van der Waals surface area contributed by atoms with Crippen LogP contribution in [0.15, 0.2) is 54.6 Å². The van der Waals surface area contributed by atoms with Crippen LogP contribution in [0.5, 0.6) is 11.5 Å². The fourth-order valence-corrected chi connectivity index (χ4v) is 1.95. The van der Waals surface area contributed by atoms with Gasteiger partial charge in [-0.05, 0) is 29.8 Å². The Morgan fingerprint density at radius 3 is 2.29 bits per heavy atom. The van der Waals surface area contributed by atoms with E-state index in [4.69, 9.17) is 9.47 Å². The largest absolute Gasteiger partial charge is 0.493 e. The lowest BCUT2D eigenvalue weighted by Gasteiger charge is -2.10. The third-order valence-electron chi connectivity index (χ3n) is 3.17. The van der Waals surface area contributed by atoms with Crippen LogP contribution in [0, 0.1) is 0 Å². The zero-order valence-electron chi connectivity index (χ0n) is 13.4. The van der Waals surface area contributed by atoms with Gasteiger partial charge >= 0.3 is 0 Å². The Kier molecular flexibility index (Phi) is 5.96. The van der Waals surface area contributed by atoms with Gasteiger partial charge in [0.1, 0.15) is 0 Å². The van der Waals surface area contributed by atoms with E-state index in [0.29, 0.717) is 17.1 Å². The van der Waals surface area contributed by atoms with Gasteiger partial charge in [-0.25, -0.2) is 0 Å². The maximum atomic E-state index is 12.0. The molecule has 0 fully saturated rings. The second kappa shape index (κ2) is 8.38. The number of carbonyl (C=O) groups excluding carboxylic acids is 2. The van der Waals surface area contributed by atoms with Crippen molar-refractivity contribution in [3.63, 3.8) is 0 Å². The second-order valence-corrected chi connectivity index (χ2v) is 4.76. The van der Waals surface area contributed by atoms with Crippen LogP contribution in [0.3, 0.4) is 0 Å². The molecule has 0 aliphatic rings. The molecule has 2 amide bonds. The van der Waals surface area contributed by atoms with Gasteiger partial charge in [-0.1, -0.05) is 30.3 Å². The number of nitrogens with one attached hydrogen (secondary N) is 2. The van der Waals surface area contributed by atoms with E-state index in [1.807, 2.05) is 30.3 Å². The Bertz CT molecular complexity index is 742. The molecule has 6 nitrogen and oxygen atoms in total. The summed E-state index contributed by atoms with van der Waals surface area (Å²) >= 11 is 0. The molecule has 0 bridgehead atoms.